The van der Waals surface area contributed by atoms with E-state index in [9.17, 15) is 13.2 Å². The molecule has 20 heavy (non-hydrogen) atoms. The fourth-order valence-electron chi connectivity index (χ4n) is 2.92. The van der Waals surface area contributed by atoms with Crippen molar-refractivity contribution in [1.82, 2.24) is 14.8 Å². The summed E-state index contributed by atoms with van der Waals surface area (Å²) in [5, 5.41) is 8.05. The van der Waals surface area contributed by atoms with Crippen LogP contribution < -0.4 is 5.73 Å². The van der Waals surface area contributed by atoms with E-state index in [1.807, 2.05) is 0 Å². The van der Waals surface area contributed by atoms with Crippen molar-refractivity contribution in [3.63, 3.8) is 0 Å². The molecular formula is C12H17F3N4O. The van der Waals surface area contributed by atoms with E-state index >= 15 is 0 Å². The van der Waals surface area contributed by atoms with Crippen molar-refractivity contribution in [2.24, 2.45) is 11.7 Å². The standard InChI is InChI=1S/C12H17F3N4O/c13-12(14,15)7-1-4-10-17-18-11(19(10)6-7)9-3-2-8(5-16)20-9/h7-9H,1-6,16H2. The van der Waals surface area contributed by atoms with Crippen molar-refractivity contribution in [2.45, 2.75) is 50.6 Å². The molecule has 0 bridgehead atoms. The summed E-state index contributed by atoms with van der Waals surface area (Å²) in [6.45, 7) is 0.316. The Morgan fingerprint density at radius 3 is 2.70 bits per heavy atom. The lowest BCUT2D eigenvalue weighted by atomic mass is 9.98. The minimum absolute atomic E-state index is 0.0325. The number of aromatic nitrogens is 3. The molecule has 3 heterocycles. The van der Waals surface area contributed by atoms with Crippen LogP contribution in [0.5, 0.6) is 0 Å². The van der Waals surface area contributed by atoms with Gasteiger partial charge in [-0.15, -0.1) is 10.2 Å². The van der Waals surface area contributed by atoms with Crippen LogP contribution in [0.15, 0.2) is 0 Å². The van der Waals surface area contributed by atoms with Gasteiger partial charge in [-0.1, -0.05) is 0 Å². The van der Waals surface area contributed by atoms with Crippen molar-refractivity contribution in [2.75, 3.05) is 6.54 Å². The van der Waals surface area contributed by atoms with E-state index < -0.39 is 12.1 Å². The molecule has 3 rings (SSSR count). The average molecular weight is 290 g/mol. The molecule has 0 spiro atoms. The molecule has 112 valence electrons. The smallest absolute Gasteiger partial charge is 0.366 e. The third kappa shape index (κ3) is 2.42. The van der Waals surface area contributed by atoms with Crippen LogP contribution in [0.1, 0.15) is 37.0 Å². The zero-order valence-corrected chi connectivity index (χ0v) is 10.9. The largest absolute Gasteiger partial charge is 0.393 e. The summed E-state index contributed by atoms with van der Waals surface area (Å²) in [7, 11) is 0. The van der Waals surface area contributed by atoms with Crippen LogP contribution in [0.4, 0.5) is 13.2 Å². The number of nitrogens with zero attached hydrogens (tertiary/aromatic N) is 3. The second-order valence-electron chi connectivity index (χ2n) is 5.42. The monoisotopic (exact) mass is 290 g/mol. The number of rotatable bonds is 2. The number of fused-ring (bicyclic) bond motifs is 1. The quantitative estimate of drug-likeness (QED) is 0.898. The molecule has 1 saturated heterocycles. The number of alkyl halides is 3. The van der Waals surface area contributed by atoms with Gasteiger partial charge in [-0.25, -0.2) is 0 Å². The number of hydrogen-bond acceptors (Lipinski definition) is 4. The molecule has 2 N–H and O–H groups in total. The summed E-state index contributed by atoms with van der Waals surface area (Å²) in [6, 6.07) is 0. The highest BCUT2D eigenvalue weighted by Crippen LogP contribution is 2.37. The first-order valence-electron chi connectivity index (χ1n) is 6.83. The van der Waals surface area contributed by atoms with E-state index in [1.54, 1.807) is 4.57 Å². The maximum Gasteiger partial charge on any atom is 0.393 e. The molecule has 8 heteroatoms. The van der Waals surface area contributed by atoms with E-state index in [-0.39, 0.29) is 25.2 Å². The Hall–Kier alpha value is -1.15. The molecule has 1 aromatic rings. The average Bonchev–Trinajstić information content (AvgIpc) is 3.02. The fourth-order valence-corrected chi connectivity index (χ4v) is 2.92. The van der Waals surface area contributed by atoms with E-state index in [1.165, 1.54) is 0 Å². The van der Waals surface area contributed by atoms with Crippen molar-refractivity contribution >= 4 is 0 Å². The van der Waals surface area contributed by atoms with Gasteiger partial charge in [0.05, 0.1) is 12.0 Å². The van der Waals surface area contributed by atoms with Gasteiger partial charge in [-0.2, -0.15) is 13.2 Å². The molecule has 1 aromatic heterocycles. The summed E-state index contributed by atoms with van der Waals surface area (Å²) >= 11 is 0. The summed E-state index contributed by atoms with van der Waals surface area (Å²) in [5.41, 5.74) is 5.55. The Labute approximate surface area is 114 Å². The van der Waals surface area contributed by atoms with Gasteiger partial charge in [0.25, 0.3) is 0 Å². The van der Waals surface area contributed by atoms with Gasteiger partial charge in [0.2, 0.25) is 0 Å². The zero-order valence-electron chi connectivity index (χ0n) is 10.9. The van der Waals surface area contributed by atoms with Gasteiger partial charge in [0, 0.05) is 19.5 Å². The fraction of sp³-hybridized carbons (Fsp3) is 0.833. The normalized spacial score (nSPS) is 30.5. The van der Waals surface area contributed by atoms with E-state index in [0.29, 0.717) is 24.6 Å². The first-order chi connectivity index (χ1) is 9.49. The van der Waals surface area contributed by atoms with Crippen LogP contribution in [0.25, 0.3) is 0 Å². The van der Waals surface area contributed by atoms with Gasteiger partial charge in [0.15, 0.2) is 5.82 Å². The Morgan fingerprint density at radius 2 is 2.05 bits per heavy atom. The highest BCUT2D eigenvalue weighted by atomic mass is 19.4. The predicted molar refractivity (Wildman–Crippen MR) is 63.8 cm³/mol. The summed E-state index contributed by atoms with van der Waals surface area (Å²) in [4.78, 5) is 0. The van der Waals surface area contributed by atoms with E-state index in [4.69, 9.17) is 10.5 Å². The number of halogens is 3. The van der Waals surface area contributed by atoms with Crippen LogP contribution in [-0.4, -0.2) is 33.6 Å². The molecular weight excluding hydrogens is 273 g/mol. The number of aryl methyl sites for hydroxylation is 1. The summed E-state index contributed by atoms with van der Waals surface area (Å²) in [5.74, 6) is -0.179. The van der Waals surface area contributed by atoms with Crippen LogP contribution in [0, 0.1) is 5.92 Å². The van der Waals surface area contributed by atoms with Gasteiger partial charge in [0.1, 0.15) is 11.9 Å². The molecule has 0 saturated carbocycles. The molecule has 0 amide bonds. The summed E-state index contributed by atoms with van der Waals surface area (Å²) < 4.78 is 45.9. The molecule has 2 aliphatic heterocycles. The van der Waals surface area contributed by atoms with Gasteiger partial charge >= 0.3 is 6.18 Å². The number of hydrogen-bond donors (Lipinski definition) is 1. The Balaban J connectivity index is 1.81. The van der Waals surface area contributed by atoms with Crippen molar-refractivity contribution in [1.29, 1.82) is 0 Å². The van der Waals surface area contributed by atoms with E-state index in [2.05, 4.69) is 10.2 Å². The minimum Gasteiger partial charge on any atom is -0.366 e. The first kappa shape index (κ1) is 13.8. The SMILES string of the molecule is NCC1CCC(c2nnc3n2CC(C(F)(F)F)CC3)O1. The molecule has 3 atom stereocenters. The molecule has 5 nitrogen and oxygen atoms in total. The molecule has 1 fully saturated rings. The number of ether oxygens (including phenoxy) is 1. The molecule has 0 aliphatic carbocycles. The maximum atomic E-state index is 12.9. The zero-order chi connectivity index (χ0) is 14.3. The topological polar surface area (TPSA) is 66.0 Å². The number of nitrogens with two attached hydrogens (primary N) is 1. The van der Waals surface area contributed by atoms with Crippen molar-refractivity contribution < 1.29 is 17.9 Å². The lowest BCUT2D eigenvalue weighted by Crippen LogP contribution is -2.33. The van der Waals surface area contributed by atoms with Crippen LogP contribution in [0.2, 0.25) is 0 Å². The van der Waals surface area contributed by atoms with Gasteiger partial charge < -0.3 is 15.0 Å². The van der Waals surface area contributed by atoms with E-state index in [0.717, 1.165) is 12.8 Å². The Morgan fingerprint density at radius 1 is 1.25 bits per heavy atom. The first-order valence-corrected chi connectivity index (χ1v) is 6.83. The third-order valence-electron chi connectivity index (χ3n) is 4.10. The molecule has 3 unspecified atom stereocenters. The predicted octanol–water partition coefficient (Wildman–Crippen LogP) is 1.58. The lowest BCUT2D eigenvalue weighted by Gasteiger charge is -2.27. The van der Waals surface area contributed by atoms with Gasteiger partial charge in [-0.3, -0.25) is 0 Å². The second-order valence-corrected chi connectivity index (χ2v) is 5.42. The second kappa shape index (κ2) is 5.00. The minimum atomic E-state index is -4.17. The van der Waals surface area contributed by atoms with Crippen LogP contribution in [0.3, 0.4) is 0 Å². The molecule has 0 radical (unpaired) electrons. The van der Waals surface area contributed by atoms with Crippen LogP contribution >= 0.6 is 0 Å². The molecule has 2 aliphatic rings. The summed E-state index contributed by atoms with van der Waals surface area (Å²) in [6.07, 6.45) is -2.55. The molecule has 0 aromatic carbocycles. The van der Waals surface area contributed by atoms with Gasteiger partial charge in [-0.05, 0) is 19.3 Å². The van der Waals surface area contributed by atoms with Crippen molar-refractivity contribution in [3.05, 3.63) is 11.6 Å². The third-order valence-corrected chi connectivity index (χ3v) is 4.10. The van der Waals surface area contributed by atoms with Crippen LogP contribution in [-0.2, 0) is 17.7 Å². The van der Waals surface area contributed by atoms with Crippen molar-refractivity contribution in [3.8, 4) is 0 Å². The highest BCUT2D eigenvalue weighted by Gasteiger charge is 2.43. The Bertz CT molecular complexity index is 488. The highest BCUT2D eigenvalue weighted by molar-refractivity contribution is 5.05. The Kier molecular flexibility index (Phi) is 3.45. The maximum absolute atomic E-state index is 12.9. The lowest BCUT2D eigenvalue weighted by molar-refractivity contribution is -0.182.